The fraction of sp³-hybridized carbons (Fsp3) is 0.579. The zero-order chi connectivity index (χ0) is 17.3. The Labute approximate surface area is 156 Å². The Hall–Kier alpha value is -1.59. The smallest absolute Gasteiger partial charge is 0.228 e. The molecular formula is C19H28ClN3O2. The third-order valence-corrected chi connectivity index (χ3v) is 5.45. The van der Waals surface area contributed by atoms with E-state index in [0.29, 0.717) is 13.0 Å². The SMILES string of the molecule is CCc1ccccc1N1CC(C(=O)N2CCNC(C)C2C)CC1=O.Cl. The number of rotatable bonds is 3. The van der Waals surface area contributed by atoms with Crippen molar-refractivity contribution in [3.8, 4) is 0 Å². The predicted octanol–water partition coefficient (Wildman–Crippen LogP) is 2.23. The largest absolute Gasteiger partial charge is 0.337 e. The van der Waals surface area contributed by atoms with E-state index in [1.165, 1.54) is 0 Å². The molecule has 6 heteroatoms. The summed E-state index contributed by atoms with van der Waals surface area (Å²) in [5, 5.41) is 3.39. The van der Waals surface area contributed by atoms with Crippen molar-refractivity contribution < 1.29 is 9.59 Å². The Balaban J connectivity index is 0.00000225. The second kappa shape index (κ2) is 8.19. The van der Waals surface area contributed by atoms with Gasteiger partial charge in [-0.3, -0.25) is 9.59 Å². The van der Waals surface area contributed by atoms with Crippen molar-refractivity contribution in [2.24, 2.45) is 5.92 Å². The number of hydrogen-bond donors (Lipinski definition) is 1. The van der Waals surface area contributed by atoms with Crippen molar-refractivity contribution in [1.29, 1.82) is 0 Å². The van der Waals surface area contributed by atoms with Crippen LogP contribution in [0.4, 0.5) is 5.69 Å². The maximum atomic E-state index is 13.0. The summed E-state index contributed by atoms with van der Waals surface area (Å²) in [6, 6.07) is 8.44. The minimum atomic E-state index is -0.227. The zero-order valence-corrected chi connectivity index (χ0v) is 16.0. The van der Waals surface area contributed by atoms with Crippen LogP contribution in [0.25, 0.3) is 0 Å². The van der Waals surface area contributed by atoms with Crippen molar-refractivity contribution >= 4 is 29.9 Å². The lowest BCUT2D eigenvalue weighted by atomic mass is 10.0. The van der Waals surface area contributed by atoms with Gasteiger partial charge in [0.15, 0.2) is 0 Å². The molecule has 2 heterocycles. The van der Waals surface area contributed by atoms with Crippen LogP contribution >= 0.6 is 12.4 Å². The van der Waals surface area contributed by atoms with E-state index in [9.17, 15) is 9.59 Å². The topological polar surface area (TPSA) is 52.7 Å². The average Bonchev–Trinajstić information content (AvgIpc) is 2.98. The molecule has 5 nitrogen and oxygen atoms in total. The standard InChI is InChI=1S/C19H27N3O2.ClH/c1-4-15-7-5-6-8-17(15)22-12-16(11-18(22)23)19(24)21-10-9-20-13(2)14(21)3;/h5-8,13-14,16,20H,4,9-12H2,1-3H3;1H. The number of para-hydroxylation sites is 1. The number of aryl methyl sites for hydroxylation is 1. The van der Waals surface area contributed by atoms with Crippen molar-refractivity contribution in [3.05, 3.63) is 29.8 Å². The summed E-state index contributed by atoms with van der Waals surface area (Å²) >= 11 is 0. The van der Waals surface area contributed by atoms with Crippen LogP contribution in [-0.4, -0.2) is 48.4 Å². The maximum absolute atomic E-state index is 13.0. The van der Waals surface area contributed by atoms with Crippen molar-refractivity contribution in [3.63, 3.8) is 0 Å². The van der Waals surface area contributed by atoms with Gasteiger partial charge in [0.05, 0.1) is 5.92 Å². The van der Waals surface area contributed by atoms with Crippen LogP contribution in [0.2, 0.25) is 0 Å². The maximum Gasteiger partial charge on any atom is 0.228 e. The van der Waals surface area contributed by atoms with Crippen LogP contribution < -0.4 is 10.2 Å². The minimum absolute atomic E-state index is 0. The van der Waals surface area contributed by atoms with Crippen LogP contribution in [0.1, 0.15) is 32.8 Å². The average molecular weight is 366 g/mol. The molecule has 2 fully saturated rings. The lowest BCUT2D eigenvalue weighted by Crippen LogP contribution is -2.58. The summed E-state index contributed by atoms with van der Waals surface area (Å²) in [4.78, 5) is 29.2. The number of carbonyl (C=O) groups is 2. The second-order valence-electron chi connectivity index (χ2n) is 6.90. The molecule has 25 heavy (non-hydrogen) atoms. The summed E-state index contributed by atoms with van der Waals surface area (Å²) in [6.07, 6.45) is 1.20. The lowest BCUT2D eigenvalue weighted by Gasteiger charge is -2.39. The van der Waals surface area contributed by atoms with E-state index < -0.39 is 0 Å². The van der Waals surface area contributed by atoms with E-state index in [-0.39, 0.29) is 42.2 Å². The van der Waals surface area contributed by atoms with Crippen LogP contribution in [0.15, 0.2) is 24.3 Å². The first kappa shape index (κ1) is 19.7. The number of amides is 2. The first-order valence-electron chi connectivity index (χ1n) is 8.95. The first-order valence-corrected chi connectivity index (χ1v) is 8.95. The van der Waals surface area contributed by atoms with Gasteiger partial charge in [-0.1, -0.05) is 25.1 Å². The van der Waals surface area contributed by atoms with Crippen LogP contribution in [0.3, 0.4) is 0 Å². The molecule has 0 aromatic heterocycles. The molecule has 3 atom stereocenters. The van der Waals surface area contributed by atoms with Gasteiger partial charge in [-0.05, 0) is 31.9 Å². The summed E-state index contributed by atoms with van der Waals surface area (Å²) in [5.41, 5.74) is 2.12. The quantitative estimate of drug-likeness (QED) is 0.893. The van der Waals surface area contributed by atoms with Crippen LogP contribution in [0.5, 0.6) is 0 Å². The Kier molecular flexibility index (Phi) is 6.47. The van der Waals surface area contributed by atoms with Gasteiger partial charge in [-0.15, -0.1) is 12.4 Å². The van der Waals surface area contributed by atoms with Crippen molar-refractivity contribution in [1.82, 2.24) is 10.2 Å². The Morgan fingerprint density at radius 1 is 1.28 bits per heavy atom. The minimum Gasteiger partial charge on any atom is -0.337 e. The number of hydrogen-bond acceptors (Lipinski definition) is 3. The Morgan fingerprint density at radius 2 is 2.00 bits per heavy atom. The number of piperazine rings is 1. The van der Waals surface area contributed by atoms with Gasteiger partial charge in [0.2, 0.25) is 11.8 Å². The molecule has 138 valence electrons. The number of nitrogens with one attached hydrogen (secondary N) is 1. The van der Waals surface area contributed by atoms with Gasteiger partial charge in [0.25, 0.3) is 0 Å². The Bertz CT molecular complexity index is 637. The van der Waals surface area contributed by atoms with Gasteiger partial charge in [0.1, 0.15) is 0 Å². The highest BCUT2D eigenvalue weighted by Gasteiger charge is 2.40. The molecule has 1 aromatic rings. The summed E-state index contributed by atoms with van der Waals surface area (Å²) in [7, 11) is 0. The van der Waals surface area contributed by atoms with Gasteiger partial charge in [-0.2, -0.15) is 0 Å². The van der Waals surface area contributed by atoms with Crippen molar-refractivity contribution in [2.75, 3.05) is 24.5 Å². The van der Waals surface area contributed by atoms with Crippen LogP contribution in [-0.2, 0) is 16.0 Å². The number of anilines is 1. The van der Waals surface area contributed by atoms with Crippen molar-refractivity contribution in [2.45, 2.75) is 45.7 Å². The molecular weight excluding hydrogens is 338 g/mol. The number of nitrogens with zero attached hydrogens (tertiary/aromatic N) is 2. The number of benzene rings is 1. The monoisotopic (exact) mass is 365 g/mol. The molecule has 0 bridgehead atoms. The molecule has 3 rings (SSSR count). The third-order valence-electron chi connectivity index (χ3n) is 5.45. The molecule has 2 saturated heterocycles. The molecule has 2 aliphatic heterocycles. The number of halogens is 1. The van der Waals surface area contributed by atoms with Crippen LogP contribution in [0, 0.1) is 5.92 Å². The molecule has 0 saturated carbocycles. The summed E-state index contributed by atoms with van der Waals surface area (Å²) < 4.78 is 0. The van der Waals surface area contributed by atoms with E-state index >= 15 is 0 Å². The third kappa shape index (κ3) is 3.82. The second-order valence-corrected chi connectivity index (χ2v) is 6.90. The van der Waals surface area contributed by atoms with Gasteiger partial charge in [0, 0.05) is 43.8 Å². The Morgan fingerprint density at radius 3 is 2.72 bits per heavy atom. The molecule has 2 amide bonds. The van der Waals surface area contributed by atoms with E-state index in [4.69, 9.17) is 0 Å². The molecule has 2 aliphatic rings. The molecule has 3 unspecified atom stereocenters. The summed E-state index contributed by atoms with van der Waals surface area (Å²) in [5.74, 6) is -0.0408. The highest BCUT2D eigenvalue weighted by Crippen LogP contribution is 2.30. The molecule has 0 spiro atoms. The summed E-state index contributed by atoms with van der Waals surface area (Å²) in [6.45, 7) is 8.32. The fourth-order valence-electron chi connectivity index (χ4n) is 3.78. The predicted molar refractivity (Wildman–Crippen MR) is 102 cm³/mol. The molecule has 1 aromatic carbocycles. The van der Waals surface area contributed by atoms with E-state index in [1.54, 1.807) is 4.90 Å². The molecule has 0 radical (unpaired) electrons. The number of carbonyl (C=O) groups excluding carboxylic acids is 2. The van der Waals surface area contributed by atoms with E-state index in [0.717, 1.165) is 30.8 Å². The molecule has 1 N–H and O–H groups in total. The van der Waals surface area contributed by atoms with E-state index in [1.807, 2.05) is 23.1 Å². The lowest BCUT2D eigenvalue weighted by molar-refractivity contribution is -0.139. The van der Waals surface area contributed by atoms with Gasteiger partial charge in [-0.25, -0.2) is 0 Å². The van der Waals surface area contributed by atoms with Gasteiger partial charge < -0.3 is 15.1 Å². The normalized spacial score (nSPS) is 26.5. The molecule has 0 aliphatic carbocycles. The zero-order valence-electron chi connectivity index (χ0n) is 15.2. The van der Waals surface area contributed by atoms with E-state index in [2.05, 4.69) is 32.2 Å². The van der Waals surface area contributed by atoms with Gasteiger partial charge >= 0.3 is 0 Å². The highest BCUT2D eigenvalue weighted by molar-refractivity contribution is 6.00. The fourth-order valence-corrected chi connectivity index (χ4v) is 3.78. The highest BCUT2D eigenvalue weighted by atomic mass is 35.5. The first-order chi connectivity index (χ1) is 11.5.